The number of carbonyl (C=O) groups excluding carboxylic acids is 1. The Hall–Kier alpha value is -4.20. The van der Waals surface area contributed by atoms with E-state index in [0.717, 1.165) is 5.56 Å². The molecular formula is C30H27AsN3O5S. The Labute approximate surface area is 239 Å². The molecule has 0 saturated carbocycles. The number of hydrogen-bond donors (Lipinski definition) is 3. The monoisotopic (exact) mass is 616 g/mol. The van der Waals surface area contributed by atoms with Crippen molar-refractivity contribution in [3.63, 3.8) is 0 Å². The zero-order chi connectivity index (χ0) is 28.5. The molecule has 1 unspecified atom stereocenters. The summed E-state index contributed by atoms with van der Waals surface area (Å²) in [7, 11) is -4.02. The molecule has 0 saturated heterocycles. The molecule has 0 aliphatic rings. The molecule has 1 atom stereocenters. The fourth-order valence-electron chi connectivity index (χ4n) is 3.95. The van der Waals surface area contributed by atoms with E-state index in [1.165, 1.54) is 12.1 Å². The predicted octanol–water partition coefficient (Wildman–Crippen LogP) is 3.77. The summed E-state index contributed by atoms with van der Waals surface area (Å²) in [6.45, 7) is 0.442. The minimum absolute atomic E-state index is 0.00646. The van der Waals surface area contributed by atoms with Crippen LogP contribution in [0.15, 0.2) is 119 Å². The number of aliphatic carboxylic acids is 1. The maximum absolute atomic E-state index is 13.5. The van der Waals surface area contributed by atoms with Crippen LogP contribution in [0.1, 0.15) is 33.2 Å². The van der Waals surface area contributed by atoms with Gasteiger partial charge in [0.1, 0.15) is 0 Å². The molecule has 1 radical (unpaired) electrons. The van der Waals surface area contributed by atoms with Gasteiger partial charge >= 0.3 is 234 Å². The molecule has 0 amide bonds. The van der Waals surface area contributed by atoms with Crippen molar-refractivity contribution < 1.29 is 23.1 Å². The Balaban J connectivity index is 1.44. The van der Waals surface area contributed by atoms with Crippen LogP contribution in [-0.4, -0.2) is 45.8 Å². The van der Waals surface area contributed by atoms with Crippen LogP contribution in [0.25, 0.3) is 0 Å². The van der Waals surface area contributed by atoms with Crippen LogP contribution in [0.4, 0.5) is 5.69 Å². The first-order chi connectivity index (χ1) is 19.2. The van der Waals surface area contributed by atoms with Crippen LogP contribution in [0.2, 0.25) is 0 Å². The summed E-state index contributed by atoms with van der Waals surface area (Å²) < 4.78 is 27.4. The van der Waals surface area contributed by atoms with E-state index in [1.807, 2.05) is 30.3 Å². The summed E-state index contributed by atoms with van der Waals surface area (Å²) in [5.41, 5.74) is 8.59. The van der Waals surface area contributed by atoms with Gasteiger partial charge in [-0.2, -0.15) is 0 Å². The number of nitrogens with two attached hydrogens (primary N) is 1. The van der Waals surface area contributed by atoms with Crippen molar-refractivity contribution in [3.8, 4) is 0 Å². The molecule has 4 aromatic rings. The Morgan fingerprint density at radius 1 is 0.875 bits per heavy atom. The molecule has 4 aromatic carbocycles. The number of sulfone groups is 1. The molecule has 0 aromatic heterocycles. The zero-order valence-corrected chi connectivity index (χ0v) is 24.0. The summed E-state index contributed by atoms with van der Waals surface area (Å²) in [5, 5.41) is 11.1. The normalized spacial score (nSPS) is 12.8. The molecule has 0 bridgehead atoms. The van der Waals surface area contributed by atoms with Crippen molar-refractivity contribution in [2.24, 2.45) is 10.7 Å². The molecule has 0 aliphatic heterocycles. The summed E-state index contributed by atoms with van der Waals surface area (Å²) in [5.74, 6) is -0.957. The van der Waals surface area contributed by atoms with Crippen molar-refractivity contribution >= 4 is 52.1 Å². The molecule has 0 fully saturated rings. The van der Waals surface area contributed by atoms with E-state index in [2.05, 4.69) is 10.3 Å². The van der Waals surface area contributed by atoms with Crippen LogP contribution in [0, 0.1) is 0 Å². The van der Waals surface area contributed by atoms with Crippen molar-refractivity contribution in [3.05, 3.63) is 126 Å². The third-order valence-corrected chi connectivity index (χ3v) is 10.2. The fourth-order valence-corrected chi connectivity index (χ4v) is 7.75. The Morgan fingerprint density at radius 2 is 1.52 bits per heavy atom. The second kappa shape index (κ2) is 13.2. The maximum atomic E-state index is 13.5. The fraction of sp³-hybridized carbons (Fsp3) is 0.100. The minimum atomic E-state index is -4.02. The number of carboxylic acids is 1. The van der Waals surface area contributed by atoms with Crippen molar-refractivity contribution in [1.82, 2.24) is 0 Å². The first-order valence-electron chi connectivity index (χ1n) is 12.3. The number of benzene rings is 4. The molecule has 8 nitrogen and oxygen atoms in total. The number of carboxylic acid groups (broad SMARTS) is 1. The van der Waals surface area contributed by atoms with Gasteiger partial charge in [0.2, 0.25) is 0 Å². The third-order valence-electron chi connectivity index (χ3n) is 5.96. The number of rotatable bonds is 11. The van der Waals surface area contributed by atoms with E-state index in [9.17, 15) is 23.1 Å². The van der Waals surface area contributed by atoms with Gasteiger partial charge in [0, 0.05) is 0 Å². The summed E-state index contributed by atoms with van der Waals surface area (Å²) in [6.07, 6.45) is -0.564. The quantitative estimate of drug-likeness (QED) is 0.133. The number of anilines is 1. The molecular weight excluding hydrogens is 589 g/mol. The molecule has 4 N–H and O–H groups in total. The van der Waals surface area contributed by atoms with Crippen LogP contribution in [0.3, 0.4) is 0 Å². The molecule has 0 spiro atoms. The molecule has 0 aliphatic carbocycles. The standard InChI is InChI=1S/C30H27AsN3O5S/c32-30(33-20-21-8-3-1-4-9-21)34-25-16-14-23(15-17-25)29(37)31-24-12-7-13-26(18-24)40(38,39)27(19-28(35)36)22-10-5-2-6-11-22/h1-18,27H,19-20H2,(H,35,36)(H3,32,33,34). The summed E-state index contributed by atoms with van der Waals surface area (Å²) >= 11 is -1.04. The topological polar surface area (TPSA) is 139 Å². The Kier molecular flexibility index (Phi) is 9.53. The van der Waals surface area contributed by atoms with Gasteiger partial charge in [-0.3, -0.25) is 0 Å². The Morgan fingerprint density at radius 3 is 2.17 bits per heavy atom. The first kappa shape index (κ1) is 28.8. The average Bonchev–Trinajstić information content (AvgIpc) is 2.96. The van der Waals surface area contributed by atoms with Crippen molar-refractivity contribution in [2.45, 2.75) is 23.1 Å². The molecule has 4 rings (SSSR count). The molecule has 0 heterocycles. The number of nitrogens with one attached hydrogen (secondary N) is 1. The van der Waals surface area contributed by atoms with Crippen LogP contribution in [0.5, 0.6) is 0 Å². The van der Waals surface area contributed by atoms with Gasteiger partial charge in [-0.25, -0.2) is 0 Å². The second-order valence-corrected chi connectivity index (χ2v) is 13.4. The van der Waals surface area contributed by atoms with E-state index >= 15 is 0 Å². The van der Waals surface area contributed by atoms with Gasteiger partial charge in [0.25, 0.3) is 0 Å². The van der Waals surface area contributed by atoms with Crippen molar-refractivity contribution in [2.75, 3.05) is 5.32 Å². The van der Waals surface area contributed by atoms with E-state index in [4.69, 9.17) is 5.73 Å². The molecule has 10 heteroatoms. The van der Waals surface area contributed by atoms with Gasteiger partial charge < -0.3 is 0 Å². The molecule has 40 heavy (non-hydrogen) atoms. The van der Waals surface area contributed by atoms with Gasteiger partial charge in [-0.1, -0.05) is 6.07 Å². The second-order valence-electron chi connectivity index (χ2n) is 8.85. The van der Waals surface area contributed by atoms with Crippen LogP contribution in [-0.2, 0) is 21.2 Å². The first-order valence-corrected chi connectivity index (χ1v) is 15.7. The van der Waals surface area contributed by atoms with Crippen LogP contribution < -0.4 is 15.4 Å². The van der Waals surface area contributed by atoms with Gasteiger partial charge in [-0.15, -0.1) is 0 Å². The van der Waals surface area contributed by atoms with Crippen LogP contribution >= 0.6 is 0 Å². The van der Waals surface area contributed by atoms with Gasteiger partial charge in [0.05, 0.1) is 0 Å². The van der Waals surface area contributed by atoms with Gasteiger partial charge in [-0.05, 0) is 0 Å². The predicted molar refractivity (Wildman–Crippen MR) is 157 cm³/mol. The number of hydrogen-bond acceptors (Lipinski definition) is 5. The number of guanidine groups is 1. The summed E-state index contributed by atoms with van der Waals surface area (Å²) in [6, 6.07) is 31.1. The third kappa shape index (κ3) is 7.68. The van der Waals surface area contributed by atoms with E-state index in [0.29, 0.717) is 27.7 Å². The van der Waals surface area contributed by atoms with E-state index in [-0.39, 0.29) is 15.4 Å². The average molecular weight is 617 g/mol. The number of nitrogens with zero attached hydrogens (tertiary/aromatic N) is 1. The number of carbonyl (C=O) groups is 2. The van der Waals surface area contributed by atoms with E-state index < -0.39 is 43.2 Å². The summed E-state index contributed by atoms with van der Waals surface area (Å²) in [4.78, 5) is 28.8. The zero-order valence-electron chi connectivity index (χ0n) is 21.3. The number of aliphatic imine (C=N–C) groups is 1. The van der Waals surface area contributed by atoms with Gasteiger partial charge in [0.15, 0.2) is 0 Å². The SMILES string of the molecule is NC(=NCc1ccccc1)Nc1ccc(C(=O)[As]c2cccc(S(=O)(=O)C(CC(=O)O)c3ccccc3)c2)cc1. The Bertz CT molecular complexity index is 1610. The van der Waals surface area contributed by atoms with Crippen molar-refractivity contribution in [1.29, 1.82) is 0 Å². The molecule has 203 valence electrons. The van der Waals surface area contributed by atoms with E-state index in [1.54, 1.807) is 66.7 Å².